The number of rotatable bonds is 8. The number of benzene rings is 3. The van der Waals surface area contributed by atoms with Crippen LogP contribution in [0.3, 0.4) is 0 Å². The van der Waals surface area contributed by atoms with Gasteiger partial charge in [0.1, 0.15) is 11.8 Å². The van der Waals surface area contributed by atoms with Crippen molar-refractivity contribution < 1.29 is 14.3 Å². The van der Waals surface area contributed by atoms with Gasteiger partial charge in [0, 0.05) is 0 Å². The molecule has 0 fully saturated rings. The number of para-hydroxylation sites is 1. The van der Waals surface area contributed by atoms with E-state index < -0.39 is 6.04 Å². The first-order chi connectivity index (χ1) is 14.9. The van der Waals surface area contributed by atoms with Gasteiger partial charge < -0.3 is 15.4 Å². The molecule has 2 N–H and O–H groups in total. The normalized spacial score (nSPS) is 12.5. The summed E-state index contributed by atoms with van der Waals surface area (Å²) in [6.07, 6.45) is 0. The highest BCUT2D eigenvalue weighted by molar-refractivity contribution is 5.88. The predicted molar refractivity (Wildman–Crippen MR) is 122 cm³/mol. The van der Waals surface area contributed by atoms with Gasteiger partial charge in [0.15, 0.2) is 6.61 Å². The Balaban J connectivity index is 1.66. The molecule has 0 aromatic heterocycles. The molecule has 0 saturated carbocycles. The van der Waals surface area contributed by atoms with Crippen molar-refractivity contribution in [1.29, 1.82) is 0 Å². The standard InChI is InChI=1S/C26H28N2O3/c1-18-14-15-22(16-19(18)2)25(21-10-6-4-7-11-21)28-26(30)20(3)27-24(29)17-31-23-12-8-5-9-13-23/h4-16,20,25H,17H2,1-3H3,(H,27,29)(H,28,30)/t20-,25+/m1/s1. The second-order valence-corrected chi connectivity index (χ2v) is 7.59. The minimum absolute atomic E-state index is 0.152. The summed E-state index contributed by atoms with van der Waals surface area (Å²) in [7, 11) is 0. The van der Waals surface area contributed by atoms with Gasteiger partial charge in [-0.25, -0.2) is 0 Å². The summed E-state index contributed by atoms with van der Waals surface area (Å²) in [5, 5.41) is 5.78. The van der Waals surface area contributed by atoms with E-state index in [2.05, 4.69) is 36.6 Å². The number of nitrogens with one attached hydrogen (secondary N) is 2. The van der Waals surface area contributed by atoms with Crippen LogP contribution in [-0.4, -0.2) is 24.5 Å². The first kappa shape index (κ1) is 22.1. The Bertz CT molecular complexity index is 1020. The van der Waals surface area contributed by atoms with Crippen molar-refractivity contribution in [1.82, 2.24) is 10.6 Å². The smallest absolute Gasteiger partial charge is 0.258 e. The number of amides is 2. The molecule has 3 aromatic carbocycles. The maximum Gasteiger partial charge on any atom is 0.258 e. The third-order valence-electron chi connectivity index (χ3n) is 5.17. The van der Waals surface area contributed by atoms with Crippen molar-refractivity contribution >= 4 is 11.8 Å². The van der Waals surface area contributed by atoms with Crippen molar-refractivity contribution in [3.8, 4) is 5.75 Å². The zero-order valence-electron chi connectivity index (χ0n) is 18.1. The maximum atomic E-state index is 12.9. The highest BCUT2D eigenvalue weighted by atomic mass is 16.5. The molecule has 31 heavy (non-hydrogen) atoms. The summed E-state index contributed by atoms with van der Waals surface area (Å²) in [4.78, 5) is 25.1. The first-order valence-corrected chi connectivity index (χ1v) is 10.3. The Kier molecular flexibility index (Phi) is 7.44. The molecule has 3 aromatic rings. The van der Waals surface area contributed by atoms with Crippen molar-refractivity contribution in [2.45, 2.75) is 32.9 Å². The summed E-state index contributed by atoms with van der Waals surface area (Å²) in [5.41, 5.74) is 4.33. The summed E-state index contributed by atoms with van der Waals surface area (Å²) < 4.78 is 5.45. The first-order valence-electron chi connectivity index (χ1n) is 10.3. The zero-order valence-corrected chi connectivity index (χ0v) is 18.1. The van der Waals surface area contributed by atoms with Crippen LogP contribution >= 0.6 is 0 Å². The van der Waals surface area contributed by atoms with E-state index in [0.29, 0.717) is 5.75 Å². The van der Waals surface area contributed by atoms with Crippen LogP contribution in [0.4, 0.5) is 0 Å². The average Bonchev–Trinajstić information content (AvgIpc) is 2.79. The second-order valence-electron chi connectivity index (χ2n) is 7.59. The fourth-order valence-electron chi connectivity index (χ4n) is 3.23. The minimum atomic E-state index is -0.704. The molecule has 2 atom stereocenters. The van der Waals surface area contributed by atoms with E-state index >= 15 is 0 Å². The molecule has 0 aliphatic heterocycles. The van der Waals surface area contributed by atoms with Gasteiger partial charge in [-0.1, -0.05) is 66.7 Å². The quantitative estimate of drug-likeness (QED) is 0.581. The minimum Gasteiger partial charge on any atom is -0.484 e. The molecule has 5 heteroatoms. The molecule has 0 bridgehead atoms. The molecule has 160 valence electrons. The molecule has 3 rings (SSSR count). The molecule has 0 unspecified atom stereocenters. The lowest BCUT2D eigenvalue weighted by atomic mass is 9.95. The zero-order chi connectivity index (χ0) is 22.2. The SMILES string of the molecule is Cc1ccc([C@@H](NC(=O)[C@@H](C)NC(=O)COc2ccccc2)c2ccccc2)cc1C. The molecular formula is C26H28N2O3. The number of carbonyl (C=O) groups is 2. The van der Waals surface area contributed by atoms with Crippen LogP contribution in [0.15, 0.2) is 78.9 Å². The van der Waals surface area contributed by atoms with Crippen LogP contribution in [0.5, 0.6) is 5.75 Å². The second kappa shape index (κ2) is 10.4. The van der Waals surface area contributed by atoms with Gasteiger partial charge in [0.05, 0.1) is 6.04 Å². The molecular weight excluding hydrogens is 388 g/mol. The van der Waals surface area contributed by atoms with E-state index in [1.807, 2.05) is 54.6 Å². The molecule has 0 aliphatic rings. The number of ether oxygens (including phenoxy) is 1. The van der Waals surface area contributed by atoms with Crippen molar-refractivity contribution in [3.63, 3.8) is 0 Å². The van der Waals surface area contributed by atoms with Gasteiger partial charge in [0.2, 0.25) is 5.91 Å². The lowest BCUT2D eigenvalue weighted by Gasteiger charge is -2.23. The Hall–Kier alpha value is -3.60. The molecule has 0 saturated heterocycles. The van der Waals surface area contributed by atoms with E-state index in [-0.39, 0.29) is 24.5 Å². The van der Waals surface area contributed by atoms with Crippen molar-refractivity contribution in [3.05, 3.63) is 101 Å². The van der Waals surface area contributed by atoms with Gasteiger partial charge in [0.25, 0.3) is 5.91 Å². The van der Waals surface area contributed by atoms with Gasteiger partial charge in [-0.05, 0) is 55.2 Å². The molecule has 0 spiro atoms. The predicted octanol–water partition coefficient (Wildman–Crippen LogP) is 4.09. The molecule has 5 nitrogen and oxygen atoms in total. The fraction of sp³-hybridized carbons (Fsp3) is 0.231. The maximum absolute atomic E-state index is 12.9. The van der Waals surface area contributed by atoms with Crippen molar-refractivity contribution in [2.24, 2.45) is 0 Å². The van der Waals surface area contributed by atoms with Crippen LogP contribution in [0.25, 0.3) is 0 Å². The van der Waals surface area contributed by atoms with Gasteiger partial charge in [-0.15, -0.1) is 0 Å². The Labute approximate surface area is 183 Å². The Morgan fingerprint density at radius 1 is 0.806 bits per heavy atom. The lowest BCUT2D eigenvalue weighted by molar-refractivity contribution is -0.129. The van der Waals surface area contributed by atoms with E-state index in [0.717, 1.165) is 16.7 Å². The van der Waals surface area contributed by atoms with Crippen molar-refractivity contribution in [2.75, 3.05) is 6.61 Å². The number of aryl methyl sites for hydroxylation is 2. The summed E-state index contributed by atoms with van der Waals surface area (Å²) in [6, 6.07) is 24.0. The van der Waals surface area contributed by atoms with E-state index in [9.17, 15) is 9.59 Å². The average molecular weight is 417 g/mol. The highest BCUT2D eigenvalue weighted by Crippen LogP contribution is 2.24. The van der Waals surface area contributed by atoms with E-state index in [1.165, 1.54) is 5.56 Å². The van der Waals surface area contributed by atoms with Gasteiger partial charge in [-0.2, -0.15) is 0 Å². The summed E-state index contributed by atoms with van der Waals surface area (Å²) >= 11 is 0. The third-order valence-corrected chi connectivity index (χ3v) is 5.17. The summed E-state index contributed by atoms with van der Waals surface area (Å²) in [5.74, 6) is -0.0114. The fourth-order valence-corrected chi connectivity index (χ4v) is 3.23. The van der Waals surface area contributed by atoms with Gasteiger partial charge in [-0.3, -0.25) is 9.59 Å². The molecule has 0 radical (unpaired) electrons. The monoisotopic (exact) mass is 416 g/mol. The van der Waals surface area contributed by atoms with Crippen LogP contribution < -0.4 is 15.4 Å². The number of carbonyl (C=O) groups excluding carboxylic acids is 2. The summed E-state index contributed by atoms with van der Waals surface area (Å²) in [6.45, 7) is 5.63. The largest absolute Gasteiger partial charge is 0.484 e. The van der Waals surface area contributed by atoms with Crippen LogP contribution in [0.1, 0.15) is 35.2 Å². The highest BCUT2D eigenvalue weighted by Gasteiger charge is 2.22. The van der Waals surface area contributed by atoms with Gasteiger partial charge >= 0.3 is 0 Å². The topological polar surface area (TPSA) is 67.4 Å². The molecule has 2 amide bonds. The van der Waals surface area contributed by atoms with Crippen LogP contribution in [-0.2, 0) is 9.59 Å². The van der Waals surface area contributed by atoms with Crippen LogP contribution in [0, 0.1) is 13.8 Å². The Morgan fingerprint density at radius 3 is 2.10 bits per heavy atom. The van der Waals surface area contributed by atoms with E-state index in [1.54, 1.807) is 19.1 Å². The Morgan fingerprint density at radius 2 is 1.45 bits per heavy atom. The van der Waals surface area contributed by atoms with Crippen LogP contribution in [0.2, 0.25) is 0 Å². The third kappa shape index (κ3) is 6.19. The molecule has 0 aliphatic carbocycles. The van der Waals surface area contributed by atoms with E-state index in [4.69, 9.17) is 4.74 Å². The lowest BCUT2D eigenvalue weighted by Crippen LogP contribution is -2.47. The number of hydrogen-bond donors (Lipinski definition) is 2. The molecule has 0 heterocycles. The number of hydrogen-bond acceptors (Lipinski definition) is 3.